The zero-order valence-electron chi connectivity index (χ0n) is 24.1. The minimum absolute atomic E-state index is 0.0523. The third-order valence-corrected chi connectivity index (χ3v) is 8.97. The van der Waals surface area contributed by atoms with Gasteiger partial charge >= 0.3 is 0 Å². The van der Waals surface area contributed by atoms with Gasteiger partial charge in [0.1, 0.15) is 10.8 Å². The van der Waals surface area contributed by atoms with Gasteiger partial charge in [-0.3, -0.25) is 4.79 Å². The lowest BCUT2D eigenvalue weighted by atomic mass is 9.86. The third-order valence-electron chi connectivity index (χ3n) is 7.86. The van der Waals surface area contributed by atoms with E-state index in [0.717, 1.165) is 69.1 Å². The standard InChI is InChI=1S/C34H36N6OS/c1-40(2)32-27-15-9-10-16-28(27)37-34(39-32)36-26-19-17-23(18-20-26)22-35-30(41)21-29-31(24-11-5-3-6-12-24)38-33(42-29)25-13-7-4-8-14-25/h3-16,23,26H,17-22H2,1-2H3,(H,35,41)(H,36,37,39). The summed E-state index contributed by atoms with van der Waals surface area (Å²) in [4.78, 5) is 30.7. The topological polar surface area (TPSA) is 83.0 Å². The molecule has 1 fully saturated rings. The van der Waals surface area contributed by atoms with Crippen molar-refractivity contribution in [2.24, 2.45) is 5.92 Å². The zero-order valence-corrected chi connectivity index (χ0v) is 24.9. The van der Waals surface area contributed by atoms with Crippen LogP contribution in [-0.2, 0) is 11.2 Å². The number of benzene rings is 3. The number of anilines is 2. The first-order chi connectivity index (χ1) is 20.5. The number of para-hydroxylation sites is 1. The molecule has 0 spiro atoms. The summed E-state index contributed by atoms with van der Waals surface area (Å²) in [5.41, 5.74) is 3.96. The van der Waals surface area contributed by atoms with Crippen molar-refractivity contribution in [1.82, 2.24) is 20.3 Å². The molecule has 0 radical (unpaired) electrons. The van der Waals surface area contributed by atoms with Crippen LogP contribution in [0.5, 0.6) is 0 Å². The Morgan fingerprint density at radius 3 is 2.21 bits per heavy atom. The van der Waals surface area contributed by atoms with Crippen LogP contribution in [0, 0.1) is 5.92 Å². The van der Waals surface area contributed by atoms with Gasteiger partial charge in [-0.2, -0.15) is 4.98 Å². The Hall–Kier alpha value is -4.30. The first-order valence-corrected chi connectivity index (χ1v) is 15.4. The highest BCUT2D eigenvalue weighted by Crippen LogP contribution is 2.34. The molecule has 214 valence electrons. The summed E-state index contributed by atoms with van der Waals surface area (Å²) in [6, 6.07) is 28.8. The minimum atomic E-state index is 0.0523. The summed E-state index contributed by atoms with van der Waals surface area (Å²) in [6.45, 7) is 0.702. The maximum absolute atomic E-state index is 13.1. The number of fused-ring (bicyclic) bond motifs is 1. The van der Waals surface area contributed by atoms with Gasteiger partial charge < -0.3 is 15.5 Å². The smallest absolute Gasteiger partial charge is 0.225 e. The third kappa shape index (κ3) is 6.44. The predicted molar refractivity (Wildman–Crippen MR) is 173 cm³/mol. The first-order valence-electron chi connectivity index (χ1n) is 14.6. The molecule has 6 rings (SSSR count). The highest BCUT2D eigenvalue weighted by atomic mass is 32.1. The van der Waals surface area contributed by atoms with E-state index in [4.69, 9.17) is 15.0 Å². The van der Waals surface area contributed by atoms with E-state index in [9.17, 15) is 4.79 Å². The van der Waals surface area contributed by atoms with Crippen molar-refractivity contribution < 1.29 is 4.79 Å². The van der Waals surface area contributed by atoms with E-state index < -0.39 is 0 Å². The van der Waals surface area contributed by atoms with Gasteiger partial charge in [-0.1, -0.05) is 72.8 Å². The number of thiazole rings is 1. The Balaban J connectivity index is 1.05. The molecule has 0 bridgehead atoms. The van der Waals surface area contributed by atoms with Crippen molar-refractivity contribution in [3.05, 3.63) is 89.8 Å². The monoisotopic (exact) mass is 576 g/mol. The summed E-state index contributed by atoms with van der Waals surface area (Å²) < 4.78 is 0. The average molecular weight is 577 g/mol. The van der Waals surface area contributed by atoms with Crippen LogP contribution in [0.3, 0.4) is 0 Å². The van der Waals surface area contributed by atoms with Gasteiger partial charge in [-0.25, -0.2) is 9.97 Å². The molecule has 42 heavy (non-hydrogen) atoms. The van der Waals surface area contributed by atoms with Crippen molar-refractivity contribution >= 4 is 39.9 Å². The van der Waals surface area contributed by atoms with E-state index in [1.54, 1.807) is 11.3 Å². The van der Waals surface area contributed by atoms with E-state index in [1.165, 1.54) is 0 Å². The highest BCUT2D eigenvalue weighted by molar-refractivity contribution is 7.15. The van der Waals surface area contributed by atoms with Crippen LogP contribution in [0.1, 0.15) is 30.6 Å². The lowest BCUT2D eigenvalue weighted by molar-refractivity contribution is -0.120. The summed E-state index contributed by atoms with van der Waals surface area (Å²) in [6.07, 6.45) is 4.50. The van der Waals surface area contributed by atoms with Crippen molar-refractivity contribution in [1.29, 1.82) is 0 Å². The van der Waals surface area contributed by atoms with E-state index in [-0.39, 0.29) is 5.91 Å². The van der Waals surface area contributed by atoms with Crippen LogP contribution >= 0.6 is 11.3 Å². The van der Waals surface area contributed by atoms with Gasteiger partial charge in [0.25, 0.3) is 0 Å². The number of nitrogens with zero attached hydrogens (tertiary/aromatic N) is 4. The number of aromatic nitrogens is 3. The van der Waals surface area contributed by atoms with Crippen molar-refractivity contribution in [2.45, 2.75) is 38.1 Å². The number of amides is 1. The van der Waals surface area contributed by atoms with Gasteiger partial charge in [0, 0.05) is 48.1 Å². The molecule has 1 aliphatic carbocycles. The van der Waals surface area contributed by atoms with Crippen molar-refractivity contribution in [3.63, 3.8) is 0 Å². The number of nitrogens with one attached hydrogen (secondary N) is 2. The highest BCUT2D eigenvalue weighted by Gasteiger charge is 2.23. The number of hydrogen-bond donors (Lipinski definition) is 2. The molecular weight excluding hydrogens is 540 g/mol. The number of carbonyl (C=O) groups excluding carboxylic acids is 1. The molecular formula is C34H36N6OS. The largest absolute Gasteiger partial charge is 0.362 e. The molecule has 1 aliphatic rings. The molecule has 8 heteroatoms. The Bertz CT molecular complexity index is 1650. The van der Waals surface area contributed by atoms with E-state index in [0.29, 0.717) is 30.9 Å². The zero-order chi connectivity index (χ0) is 28.9. The van der Waals surface area contributed by atoms with Crippen LogP contribution in [0.15, 0.2) is 84.9 Å². The van der Waals surface area contributed by atoms with Crippen LogP contribution in [0.2, 0.25) is 0 Å². The predicted octanol–water partition coefficient (Wildman–Crippen LogP) is 6.82. The quantitative estimate of drug-likeness (QED) is 0.200. The van der Waals surface area contributed by atoms with Gasteiger partial charge in [0.15, 0.2) is 0 Å². The molecule has 0 aliphatic heterocycles. The minimum Gasteiger partial charge on any atom is -0.362 e. The second-order valence-electron chi connectivity index (χ2n) is 11.1. The number of hydrogen-bond acceptors (Lipinski definition) is 7. The Kier molecular flexibility index (Phi) is 8.42. The summed E-state index contributed by atoms with van der Waals surface area (Å²) >= 11 is 1.61. The van der Waals surface area contributed by atoms with Crippen LogP contribution in [0.25, 0.3) is 32.7 Å². The average Bonchev–Trinajstić information content (AvgIpc) is 3.45. The molecule has 7 nitrogen and oxygen atoms in total. The molecule has 5 aromatic rings. The Labute approximate surface area is 251 Å². The number of carbonyl (C=O) groups is 1. The summed E-state index contributed by atoms with van der Waals surface area (Å²) in [5.74, 6) is 2.13. The Morgan fingerprint density at radius 2 is 1.50 bits per heavy atom. The van der Waals surface area contributed by atoms with Crippen LogP contribution in [0.4, 0.5) is 11.8 Å². The lowest BCUT2D eigenvalue weighted by Gasteiger charge is -2.29. The molecule has 1 amide bonds. The molecule has 2 heterocycles. The SMILES string of the molecule is CN(C)c1nc(NC2CCC(CNC(=O)Cc3sc(-c4ccccc4)nc3-c3ccccc3)CC2)nc2ccccc12. The maximum atomic E-state index is 13.1. The van der Waals surface area contributed by atoms with Crippen LogP contribution in [-0.4, -0.2) is 47.5 Å². The van der Waals surface area contributed by atoms with Gasteiger partial charge in [-0.15, -0.1) is 11.3 Å². The first kappa shape index (κ1) is 27.8. The molecule has 0 unspecified atom stereocenters. The molecule has 0 saturated heterocycles. The molecule has 1 saturated carbocycles. The maximum Gasteiger partial charge on any atom is 0.225 e. The van der Waals surface area contributed by atoms with Crippen molar-refractivity contribution in [2.75, 3.05) is 30.9 Å². The fourth-order valence-electron chi connectivity index (χ4n) is 5.62. The van der Waals surface area contributed by atoms with E-state index >= 15 is 0 Å². The summed E-state index contributed by atoms with van der Waals surface area (Å²) in [7, 11) is 4.02. The Morgan fingerprint density at radius 1 is 0.833 bits per heavy atom. The summed E-state index contributed by atoms with van der Waals surface area (Å²) in [5, 5.41) is 8.80. The normalized spacial score (nSPS) is 16.7. The second-order valence-corrected chi connectivity index (χ2v) is 12.2. The molecule has 3 aromatic carbocycles. The fourth-order valence-corrected chi connectivity index (χ4v) is 6.71. The molecule has 2 N–H and O–H groups in total. The van der Waals surface area contributed by atoms with Crippen LogP contribution < -0.4 is 15.5 Å². The van der Waals surface area contributed by atoms with Gasteiger partial charge in [0.2, 0.25) is 11.9 Å². The van der Waals surface area contributed by atoms with Gasteiger partial charge in [0.05, 0.1) is 17.6 Å². The van der Waals surface area contributed by atoms with E-state index in [2.05, 4.69) is 41.0 Å². The van der Waals surface area contributed by atoms with Gasteiger partial charge in [-0.05, 0) is 43.7 Å². The lowest BCUT2D eigenvalue weighted by Crippen LogP contribution is -2.34. The fraction of sp³-hybridized carbons (Fsp3) is 0.294. The van der Waals surface area contributed by atoms with E-state index in [1.807, 2.05) is 73.6 Å². The number of rotatable bonds is 9. The second kappa shape index (κ2) is 12.7. The molecule has 2 aromatic heterocycles. The van der Waals surface area contributed by atoms with Crippen molar-refractivity contribution in [3.8, 4) is 21.8 Å². The molecule has 0 atom stereocenters.